The molecule has 0 aromatic carbocycles. The molecule has 0 saturated carbocycles. The molecule has 0 amide bonds. The molecule has 1 aliphatic carbocycles. The first-order valence-electron chi connectivity index (χ1n) is 9.45. The van der Waals surface area contributed by atoms with Gasteiger partial charge in [-0.3, -0.25) is 9.59 Å². The molecule has 0 saturated heterocycles. The second-order valence-corrected chi connectivity index (χ2v) is 9.41. The van der Waals surface area contributed by atoms with E-state index in [0.29, 0.717) is 23.0 Å². The number of nitrogens with zero attached hydrogens (tertiary/aromatic N) is 1. The molecule has 1 aliphatic heterocycles. The normalized spacial score (nSPS) is 18.9. The van der Waals surface area contributed by atoms with Crippen molar-refractivity contribution < 1.29 is 4.79 Å². The molecule has 27 heavy (non-hydrogen) atoms. The number of unbranched alkanes of at least 4 members (excludes halogenated alkanes) is 1. The van der Waals surface area contributed by atoms with Crippen LogP contribution < -0.4 is 10.9 Å². The lowest BCUT2D eigenvalue weighted by atomic mass is 9.79. The lowest BCUT2D eigenvalue weighted by Crippen LogP contribution is -2.32. The zero-order valence-corrected chi connectivity index (χ0v) is 17.2. The molecular formula is C20H23N3O2S2. The van der Waals surface area contributed by atoms with Gasteiger partial charge in [-0.05, 0) is 38.3 Å². The first-order chi connectivity index (χ1) is 13.1. The van der Waals surface area contributed by atoms with Gasteiger partial charge in [0.25, 0.3) is 5.56 Å². The Kier molecular flexibility index (Phi) is 5.23. The molecule has 7 heteroatoms. The van der Waals surface area contributed by atoms with Gasteiger partial charge in [-0.25, -0.2) is 4.98 Å². The summed E-state index contributed by atoms with van der Waals surface area (Å²) >= 11 is 3.22. The van der Waals surface area contributed by atoms with Gasteiger partial charge in [0.2, 0.25) is 0 Å². The number of allylic oxidation sites excluding steroid dienone is 2. The molecule has 5 nitrogen and oxygen atoms in total. The summed E-state index contributed by atoms with van der Waals surface area (Å²) in [4.78, 5) is 35.6. The number of carbonyl (C=O) groups excluding carboxylic acids is 1. The Bertz CT molecular complexity index is 974. The van der Waals surface area contributed by atoms with Gasteiger partial charge in [0.05, 0.1) is 11.5 Å². The van der Waals surface area contributed by atoms with Crippen LogP contribution in [0.25, 0.3) is 0 Å². The number of ketones is 1. The Morgan fingerprint density at radius 3 is 2.89 bits per heavy atom. The third-order valence-electron chi connectivity index (χ3n) is 5.02. The maximum atomic E-state index is 13.0. The Balaban J connectivity index is 1.83. The lowest BCUT2D eigenvalue weighted by Gasteiger charge is -2.32. The summed E-state index contributed by atoms with van der Waals surface area (Å²) < 4.78 is 0. The molecule has 142 valence electrons. The third kappa shape index (κ3) is 3.50. The number of hydrogen-bond acceptors (Lipinski definition) is 6. The molecule has 3 heterocycles. The average Bonchev–Trinajstić information content (AvgIpc) is 3.06. The van der Waals surface area contributed by atoms with Crippen LogP contribution in [0, 0.1) is 6.92 Å². The van der Waals surface area contributed by atoms with E-state index < -0.39 is 0 Å². The molecular weight excluding hydrogens is 378 g/mol. The fraction of sp³-hybridized carbons (Fsp3) is 0.450. The number of nitrogens with one attached hydrogen (secondary N) is 2. The minimum absolute atomic E-state index is 0.145. The maximum Gasteiger partial charge on any atom is 0.257 e. The average molecular weight is 402 g/mol. The van der Waals surface area contributed by atoms with Gasteiger partial charge in [-0.1, -0.05) is 25.1 Å². The number of H-pyrrole nitrogens is 1. The second kappa shape index (κ2) is 7.64. The van der Waals surface area contributed by atoms with Crippen molar-refractivity contribution in [3.63, 3.8) is 0 Å². The number of Topliss-reactive ketones (excluding diaryl/α,β-unsaturated/α-hetero) is 1. The van der Waals surface area contributed by atoms with Crippen LogP contribution in [0.2, 0.25) is 0 Å². The minimum atomic E-state index is -0.311. The standard InChI is InChI=1S/C20H23N3O2S2/c1-3-4-10-26-20-22-18-17(19(25)23-20)16(14-9-8-11(2)27-14)15-12(21-18)6-5-7-13(15)24/h8-9,16H,3-7,10H2,1-2H3,(H2,21,22,23,25). The number of aromatic nitrogens is 2. The van der Waals surface area contributed by atoms with Crippen LogP contribution in [0.1, 0.15) is 60.3 Å². The number of hydrogen-bond donors (Lipinski definition) is 2. The molecule has 2 aromatic rings. The number of fused-ring (bicyclic) bond motifs is 1. The molecule has 0 fully saturated rings. The zero-order chi connectivity index (χ0) is 19.0. The van der Waals surface area contributed by atoms with Gasteiger partial charge in [0, 0.05) is 33.2 Å². The van der Waals surface area contributed by atoms with E-state index >= 15 is 0 Å². The van der Waals surface area contributed by atoms with E-state index in [1.165, 1.54) is 4.88 Å². The largest absolute Gasteiger partial charge is 0.343 e. The highest BCUT2D eigenvalue weighted by molar-refractivity contribution is 7.99. The van der Waals surface area contributed by atoms with Crippen molar-refractivity contribution in [3.05, 3.63) is 49.1 Å². The second-order valence-electron chi connectivity index (χ2n) is 7.01. The van der Waals surface area contributed by atoms with Crippen molar-refractivity contribution in [3.8, 4) is 0 Å². The monoisotopic (exact) mass is 401 g/mol. The highest BCUT2D eigenvalue weighted by Crippen LogP contribution is 2.45. The van der Waals surface area contributed by atoms with E-state index in [9.17, 15) is 9.59 Å². The molecule has 4 rings (SSSR count). The summed E-state index contributed by atoms with van der Waals surface area (Å²) in [6.07, 6.45) is 4.41. The van der Waals surface area contributed by atoms with Gasteiger partial charge in [0.1, 0.15) is 5.82 Å². The van der Waals surface area contributed by atoms with Gasteiger partial charge in [0.15, 0.2) is 10.9 Å². The van der Waals surface area contributed by atoms with E-state index in [2.05, 4.69) is 17.2 Å². The van der Waals surface area contributed by atoms with E-state index in [1.54, 1.807) is 23.1 Å². The van der Waals surface area contributed by atoms with Crippen LogP contribution in [0.3, 0.4) is 0 Å². The van der Waals surface area contributed by atoms with Crippen LogP contribution in [-0.4, -0.2) is 21.5 Å². The van der Waals surface area contributed by atoms with E-state index in [1.807, 2.05) is 19.1 Å². The summed E-state index contributed by atoms with van der Waals surface area (Å²) in [5.74, 6) is 1.38. The zero-order valence-electron chi connectivity index (χ0n) is 15.6. The summed E-state index contributed by atoms with van der Waals surface area (Å²) in [7, 11) is 0. The van der Waals surface area contributed by atoms with Crippen molar-refractivity contribution in [2.75, 3.05) is 11.1 Å². The van der Waals surface area contributed by atoms with E-state index in [4.69, 9.17) is 4.98 Å². The van der Waals surface area contributed by atoms with Crippen LogP contribution >= 0.6 is 23.1 Å². The molecule has 1 unspecified atom stereocenters. The fourth-order valence-electron chi connectivity index (χ4n) is 3.72. The predicted octanol–water partition coefficient (Wildman–Crippen LogP) is 4.60. The van der Waals surface area contributed by atoms with E-state index in [-0.39, 0.29) is 17.3 Å². The smallest absolute Gasteiger partial charge is 0.257 e. The Morgan fingerprint density at radius 1 is 1.30 bits per heavy atom. The molecule has 1 atom stereocenters. The summed E-state index contributed by atoms with van der Waals surface area (Å²) in [6.45, 7) is 4.19. The molecule has 0 spiro atoms. The lowest BCUT2D eigenvalue weighted by molar-refractivity contribution is -0.116. The number of aryl methyl sites for hydroxylation is 1. The summed E-state index contributed by atoms with van der Waals surface area (Å²) in [5.41, 5.74) is 2.13. The van der Waals surface area contributed by atoms with Crippen LogP contribution in [0.15, 0.2) is 33.4 Å². The molecule has 2 aliphatic rings. The van der Waals surface area contributed by atoms with Gasteiger partial charge in [-0.15, -0.1) is 11.3 Å². The topological polar surface area (TPSA) is 74.8 Å². The highest BCUT2D eigenvalue weighted by Gasteiger charge is 2.38. The Labute approximate surface area is 166 Å². The maximum absolute atomic E-state index is 13.0. The molecule has 0 bridgehead atoms. The quantitative estimate of drug-likeness (QED) is 0.435. The van der Waals surface area contributed by atoms with Crippen molar-refractivity contribution in [1.82, 2.24) is 9.97 Å². The van der Waals surface area contributed by atoms with Gasteiger partial charge < -0.3 is 10.3 Å². The molecule has 0 radical (unpaired) electrons. The van der Waals surface area contributed by atoms with Crippen molar-refractivity contribution in [2.24, 2.45) is 0 Å². The first kappa shape index (κ1) is 18.5. The number of aromatic amines is 1. The van der Waals surface area contributed by atoms with Gasteiger partial charge in [-0.2, -0.15) is 0 Å². The SMILES string of the molecule is CCCCSc1nc2c(c(=O)[nH]1)C(c1ccc(C)s1)C1=C(CCCC1=O)N2. The first-order valence-corrected chi connectivity index (χ1v) is 11.2. The van der Waals surface area contributed by atoms with Gasteiger partial charge >= 0.3 is 0 Å². The van der Waals surface area contributed by atoms with Crippen LogP contribution in [-0.2, 0) is 4.79 Å². The predicted molar refractivity (Wildman–Crippen MR) is 111 cm³/mol. The van der Waals surface area contributed by atoms with Crippen molar-refractivity contribution in [2.45, 2.75) is 57.0 Å². The number of rotatable bonds is 5. The summed E-state index contributed by atoms with van der Waals surface area (Å²) in [5, 5.41) is 3.97. The number of carbonyl (C=O) groups is 1. The van der Waals surface area contributed by atoms with Crippen molar-refractivity contribution in [1.29, 1.82) is 0 Å². The van der Waals surface area contributed by atoms with Crippen LogP contribution in [0.5, 0.6) is 0 Å². The van der Waals surface area contributed by atoms with Crippen molar-refractivity contribution >= 4 is 34.7 Å². The van der Waals surface area contributed by atoms with Crippen LogP contribution in [0.4, 0.5) is 5.82 Å². The fourth-order valence-corrected chi connectivity index (χ4v) is 5.66. The minimum Gasteiger partial charge on any atom is -0.343 e. The third-order valence-corrected chi connectivity index (χ3v) is 7.04. The molecule has 2 N–H and O–H groups in total. The summed E-state index contributed by atoms with van der Waals surface area (Å²) in [6, 6.07) is 4.08. The Morgan fingerprint density at radius 2 is 2.15 bits per heavy atom. The molecule has 2 aromatic heterocycles. The van der Waals surface area contributed by atoms with E-state index in [0.717, 1.165) is 47.6 Å². The number of anilines is 1. The number of thiophene rings is 1. The Hall–Kier alpha value is -1.86. The number of thioether (sulfide) groups is 1. The highest BCUT2D eigenvalue weighted by atomic mass is 32.2.